The van der Waals surface area contributed by atoms with Crippen LogP contribution in [0.15, 0.2) is 29.6 Å². The minimum Gasteiger partial charge on any atom is -0.348 e. The van der Waals surface area contributed by atoms with Crippen LogP contribution in [0.3, 0.4) is 0 Å². The zero-order valence-electron chi connectivity index (χ0n) is 13.9. The molecule has 1 N–H and O–H groups in total. The highest BCUT2D eigenvalue weighted by molar-refractivity contribution is 7.88. The van der Waals surface area contributed by atoms with E-state index in [9.17, 15) is 8.42 Å². The SMILES string of the molecule is Cc1ccc(CS(=O)(=O)NCCc2csc(N3CCCC3)n2)cc1. The first-order valence-corrected chi connectivity index (χ1v) is 10.8. The number of rotatable bonds is 7. The smallest absolute Gasteiger partial charge is 0.215 e. The van der Waals surface area contributed by atoms with Gasteiger partial charge in [-0.2, -0.15) is 0 Å². The van der Waals surface area contributed by atoms with Crippen molar-refractivity contribution in [2.24, 2.45) is 0 Å². The van der Waals surface area contributed by atoms with Crippen LogP contribution in [0.4, 0.5) is 5.13 Å². The summed E-state index contributed by atoms with van der Waals surface area (Å²) in [6.45, 7) is 4.53. The fourth-order valence-electron chi connectivity index (χ4n) is 2.75. The van der Waals surface area contributed by atoms with E-state index >= 15 is 0 Å². The van der Waals surface area contributed by atoms with E-state index in [1.165, 1.54) is 12.8 Å². The predicted octanol–water partition coefficient (Wildman–Crippen LogP) is 2.71. The number of hydrogen-bond acceptors (Lipinski definition) is 5. The van der Waals surface area contributed by atoms with Gasteiger partial charge in [0.25, 0.3) is 0 Å². The Morgan fingerprint density at radius 2 is 1.92 bits per heavy atom. The highest BCUT2D eigenvalue weighted by atomic mass is 32.2. The highest BCUT2D eigenvalue weighted by Crippen LogP contribution is 2.24. The van der Waals surface area contributed by atoms with Gasteiger partial charge in [-0.3, -0.25) is 0 Å². The summed E-state index contributed by atoms with van der Waals surface area (Å²) in [5.74, 6) is 0.0172. The van der Waals surface area contributed by atoms with Gasteiger partial charge in [-0.15, -0.1) is 11.3 Å². The zero-order valence-corrected chi connectivity index (χ0v) is 15.5. The van der Waals surface area contributed by atoms with Crippen molar-refractivity contribution in [2.75, 3.05) is 24.5 Å². The zero-order chi connectivity index (χ0) is 17.0. The standard InChI is InChI=1S/C17H23N3O2S2/c1-14-4-6-15(7-5-14)13-24(21,22)18-9-8-16-12-23-17(19-16)20-10-2-3-11-20/h4-7,12,18H,2-3,8-11,13H2,1H3. The summed E-state index contributed by atoms with van der Waals surface area (Å²) >= 11 is 1.65. The van der Waals surface area contributed by atoms with E-state index in [0.29, 0.717) is 13.0 Å². The largest absolute Gasteiger partial charge is 0.348 e. The maximum atomic E-state index is 12.2. The Balaban J connectivity index is 1.49. The molecule has 2 aromatic rings. The molecule has 5 nitrogen and oxygen atoms in total. The molecule has 0 amide bonds. The molecule has 2 heterocycles. The van der Waals surface area contributed by atoms with Crippen molar-refractivity contribution in [1.29, 1.82) is 0 Å². The molecule has 0 radical (unpaired) electrons. The summed E-state index contributed by atoms with van der Waals surface area (Å²) in [7, 11) is -3.31. The molecule has 0 bridgehead atoms. The van der Waals surface area contributed by atoms with Gasteiger partial charge < -0.3 is 4.90 Å². The minimum atomic E-state index is -3.31. The second-order valence-corrected chi connectivity index (χ2v) is 8.85. The van der Waals surface area contributed by atoms with Gasteiger partial charge in [-0.1, -0.05) is 29.8 Å². The summed E-state index contributed by atoms with van der Waals surface area (Å²) in [4.78, 5) is 6.92. The van der Waals surface area contributed by atoms with Crippen LogP contribution >= 0.6 is 11.3 Å². The number of benzene rings is 1. The molecule has 0 unspecified atom stereocenters. The van der Waals surface area contributed by atoms with Gasteiger partial charge in [-0.25, -0.2) is 18.1 Å². The predicted molar refractivity (Wildman–Crippen MR) is 99.1 cm³/mol. The number of nitrogens with one attached hydrogen (secondary N) is 1. The van der Waals surface area contributed by atoms with E-state index in [0.717, 1.165) is 35.0 Å². The quantitative estimate of drug-likeness (QED) is 0.819. The molecule has 1 fully saturated rings. The topological polar surface area (TPSA) is 62.3 Å². The molecular formula is C17H23N3O2S2. The van der Waals surface area contributed by atoms with Gasteiger partial charge in [0.1, 0.15) is 0 Å². The van der Waals surface area contributed by atoms with Crippen LogP contribution in [0, 0.1) is 6.92 Å². The number of thiazole rings is 1. The lowest BCUT2D eigenvalue weighted by atomic mass is 10.2. The van der Waals surface area contributed by atoms with Gasteiger partial charge >= 0.3 is 0 Å². The number of hydrogen-bond donors (Lipinski definition) is 1. The molecule has 1 saturated heterocycles. The molecule has 1 aromatic heterocycles. The third kappa shape index (κ3) is 4.78. The summed E-state index contributed by atoms with van der Waals surface area (Å²) in [5, 5.41) is 3.09. The summed E-state index contributed by atoms with van der Waals surface area (Å²) in [6, 6.07) is 7.58. The molecule has 0 atom stereocenters. The Hall–Kier alpha value is -1.44. The Kier molecular flexibility index (Phi) is 5.53. The van der Waals surface area contributed by atoms with Crippen LogP contribution in [0.2, 0.25) is 0 Å². The molecule has 1 aliphatic heterocycles. The van der Waals surface area contributed by atoms with Crippen molar-refractivity contribution < 1.29 is 8.42 Å². The Morgan fingerprint density at radius 1 is 1.21 bits per heavy atom. The molecule has 1 aromatic carbocycles. The van der Waals surface area contributed by atoms with E-state index in [4.69, 9.17) is 0 Å². The number of nitrogens with zero attached hydrogens (tertiary/aromatic N) is 2. The third-order valence-corrected chi connectivity index (χ3v) is 6.40. The molecule has 0 aliphatic carbocycles. The van der Waals surface area contributed by atoms with Crippen molar-refractivity contribution in [2.45, 2.75) is 31.9 Å². The van der Waals surface area contributed by atoms with Crippen molar-refractivity contribution in [1.82, 2.24) is 9.71 Å². The van der Waals surface area contributed by atoms with Crippen molar-refractivity contribution in [3.8, 4) is 0 Å². The monoisotopic (exact) mass is 365 g/mol. The van der Waals surface area contributed by atoms with E-state index in [-0.39, 0.29) is 5.75 Å². The number of sulfonamides is 1. The summed E-state index contributed by atoms with van der Waals surface area (Å²) in [6.07, 6.45) is 3.08. The van der Waals surface area contributed by atoms with Crippen LogP contribution in [0.25, 0.3) is 0 Å². The van der Waals surface area contributed by atoms with Crippen LogP contribution in [0.5, 0.6) is 0 Å². The van der Waals surface area contributed by atoms with Crippen LogP contribution in [-0.2, 0) is 22.2 Å². The van der Waals surface area contributed by atoms with Crippen LogP contribution < -0.4 is 9.62 Å². The summed E-state index contributed by atoms with van der Waals surface area (Å²) < 4.78 is 27.0. The molecule has 7 heteroatoms. The maximum absolute atomic E-state index is 12.2. The fourth-order valence-corrected chi connectivity index (χ4v) is 4.81. The van der Waals surface area contributed by atoms with Crippen molar-refractivity contribution in [3.05, 3.63) is 46.5 Å². The first-order chi connectivity index (χ1) is 11.5. The average molecular weight is 366 g/mol. The number of aromatic nitrogens is 1. The Morgan fingerprint density at radius 3 is 2.62 bits per heavy atom. The molecule has 0 spiro atoms. The van der Waals surface area contributed by atoms with Crippen molar-refractivity contribution >= 4 is 26.5 Å². The molecule has 0 saturated carbocycles. The van der Waals surface area contributed by atoms with E-state index in [1.54, 1.807) is 11.3 Å². The summed E-state index contributed by atoms with van der Waals surface area (Å²) in [5.41, 5.74) is 2.89. The third-order valence-electron chi connectivity index (χ3n) is 4.10. The normalized spacial score (nSPS) is 15.1. The molecule has 3 rings (SSSR count). The first-order valence-electron chi connectivity index (χ1n) is 8.24. The van der Waals surface area contributed by atoms with E-state index in [2.05, 4.69) is 14.6 Å². The van der Waals surface area contributed by atoms with Crippen LogP contribution in [-0.4, -0.2) is 33.0 Å². The molecule has 1 aliphatic rings. The van der Waals surface area contributed by atoms with Gasteiger partial charge in [0.05, 0.1) is 11.4 Å². The molecule has 130 valence electrons. The Labute approximate surface area is 147 Å². The van der Waals surface area contributed by atoms with Gasteiger partial charge in [0, 0.05) is 31.4 Å². The van der Waals surface area contributed by atoms with Crippen molar-refractivity contribution in [3.63, 3.8) is 0 Å². The van der Waals surface area contributed by atoms with Gasteiger partial charge in [0.15, 0.2) is 5.13 Å². The fraction of sp³-hybridized carbons (Fsp3) is 0.471. The maximum Gasteiger partial charge on any atom is 0.215 e. The Bertz CT molecular complexity index is 763. The number of aryl methyl sites for hydroxylation is 1. The second kappa shape index (κ2) is 7.63. The lowest BCUT2D eigenvalue weighted by molar-refractivity contribution is 0.580. The lowest BCUT2D eigenvalue weighted by Gasteiger charge is -2.12. The lowest BCUT2D eigenvalue weighted by Crippen LogP contribution is -2.27. The molecular weight excluding hydrogens is 342 g/mol. The van der Waals surface area contributed by atoms with Gasteiger partial charge in [-0.05, 0) is 25.3 Å². The minimum absolute atomic E-state index is 0.0172. The van der Waals surface area contributed by atoms with E-state index in [1.807, 2.05) is 36.6 Å². The molecule has 24 heavy (non-hydrogen) atoms. The highest BCUT2D eigenvalue weighted by Gasteiger charge is 2.16. The first kappa shape index (κ1) is 17.4. The van der Waals surface area contributed by atoms with Gasteiger partial charge in [0.2, 0.25) is 10.0 Å². The second-order valence-electron chi connectivity index (χ2n) is 6.20. The number of anilines is 1. The van der Waals surface area contributed by atoms with E-state index < -0.39 is 10.0 Å². The average Bonchev–Trinajstić information content (AvgIpc) is 3.20. The van der Waals surface area contributed by atoms with Crippen LogP contribution in [0.1, 0.15) is 29.7 Å².